The highest BCUT2D eigenvalue weighted by atomic mass is 16.3. The van der Waals surface area contributed by atoms with E-state index in [4.69, 9.17) is 0 Å². The molecule has 3 unspecified atom stereocenters. The predicted octanol–water partition coefficient (Wildman–Crippen LogP) is 14.3. The molecule has 0 radical (unpaired) electrons. The van der Waals surface area contributed by atoms with E-state index in [2.05, 4.69) is 43.5 Å². The number of aliphatic hydroxyl groups excluding tert-OH is 3. The largest absolute Gasteiger partial charge is 0.394 e. The van der Waals surface area contributed by atoms with Gasteiger partial charge in [0, 0.05) is 0 Å². The number of amides is 1. The van der Waals surface area contributed by atoms with Gasteiger partial charge < -0.3 is 20.6 Å². The van der Waals surface area contributed by atoms with E-state index >= 15 is 0 Å². The Bertz CT molecular complexity index is 855. The van der Waals surface area contributed by atoms with Gasteiger partial charge in [0.15, 0.2) is 0 Å². The van der Waals surface area contributed by atoms with Gasteiger partial charge in [0.05, 0.1) is 18.8 Å². The van der Waals surface area contributed by atoms with Crippen LogP contribution in [0.1, 0.15) is 251 Å². The molecule has 0 aliphatic carbocycles. The normalized spacial score (nSPS) is 13.8. The molecule has 0 rings (SSSR count). The lowest BCUT2D eigenvalue weighted by atomic mass is 10.0. The minimum Gasteiger partial charge on any atom is -0.394 e. The van der Waals surface area contributed by atoms with E-state index < -0.39 is 24.2 Å². The summed E-state index contributed by atoms with van der Waals surface area (Å²) in [6, 6.07) is -0.794. The Morgan fingerprint density at radius 2 is 0.782 bits per heavy atom. The predicted molar refractivity (Wildman–Crippen MR) is 241 cm³/mol. The van der Waals surface area contributed by atoms with Crippen LogP contribution in [-0.4, -0.2) is 46.1 Å². The molecule has 0 fully saturated rings. The molecular weight excluding hydrogens is 679 g/mol. The molecule has 0 saturated carbocycles. The molecule has 0 aliphatic rings. The number of unbranched alkanes of at least 4 members (excludes halogenated alkanes) is 32. The molecule has 0 bridgehead atoms. The van der Waals surface area contributed by atoms with Crippen molar-refractivity contribution < 1.29 is 20.1 Å². The van der Waals surface area contributed by atoms with Crippen molar-refractivity contribution in [1.29, 1.82) is 0 Å². The van der Waals surface area contributed by atoms with Crippen molar-refractivity contribution in [3.8, 4) is 0 Å². The Labute approximate surface area is 343 Å². The summed E-state index contributed by atoms with van der Waals surface area (Å²) < 4.78 is 0. The van der Waals surface area contributed by atoms with Gasteiger partial charge in [0.2, 0.25) is 5.91 Å². The summed E-state index contributed by atoms with van der Waals surface area (Å²) in [4.78, 5) is 12.4. The number of carbonyl (C=O) groups excluding carboxylic acids is 1. The summed E-state index contributed by atoms with van der Waals surface area (Å²) in [5.74, 6) is -0.504. The molecule has 0 aromatic carbocycles. The van der Waals surface area contributed by atoms with Crippen molar-refractivity contribution in [1.82, 2.24) is 5.32 Å². The Morgan fingerprint density at radius 3 is 1.15 bits per heavy atom. The molecule has 0 spiro atoms. The lowest BCUT2D eigenvalue weighted by Gasteiger charge is -2.21. The number of hydrogen-bond acceptors (Lipinski definition) is 4. The zero-order chi connectivity index (χ0) is 40.1. The summed E-state index contributed by atoms with van der Waals surface area (Å²) >= 11 is 0. The second-order valence-electron chi connectivity index (χ2n) is 16.7. The van der Waals surface area contributed by atoms with Crippen molar-refractivity contribution in [3.63, 3.8) is 0 Å². The smallest absolute Gasteiger partial charge is 0.249 e. The molecule has 0 heterocycles. The van der Waals surface area contributed by atoms with E-state index in [1.54, 1.807) is 6.08 Å². The lowest BCUT2D eigenvalue weighted by Crippen LogP contribution is -2.48. The Balaban J connectivity index is 3.50. The Kier molecular flexibility index (Phi) is 44.1. The van der Waals surface area contributed by atoms with Crippen molar-refractivity contribution in [2.75, 3.05) is 6.61 Å². The topological polar surface area (TPSA) is 89.8 Å². The summed E-state index contributed by atoms with van der Waals surface area (Å²) in [5, 5.41) is 33.0. The first-order chi connectivity index (χ1) is 27.1. The summed E-state index contributed by atoms with van der Waals surface area (Å²) in [6.07, 6.45) is 57.9. The monoisotopic (exact) mass is 774 g/mol. The van der Waals surface area contributed by atoms with Crippen LogP contribution in [0.2, 0.25) is 0 Å². The van der Waals surface area contributed by atoms with E-state index in [9.17, 15) is 20.1 Å². The highest BCUT2D eigenvalue weighted by Crippen LogP contribution is 2.16. The third-order valence-corrected chi connectivity index (χ3v) is 11.2. The van der Waals surface area contributed by atoms with E-state index in [0.29, 0.717) is 6.42 Å². The number of rotatable bonds is 44. The minimum absolute atomic E-state index is 0.363. The third kappa shape index (κ3) is 40.6. The van der Waals surface area contributed by atoms with E-state index in [0.717, 1.165) is 38.5 Å². The van der Waals surface area contributed by atoms with Gasteiger partial charge in [-0.3, -0.25) is 4.79 Å². The van der Waals surface area contributed by atoms with Gasteiger partial charge in [-0.1, -0.05) is 237 Å². The van der Waals surface area contributed by atoms with Crippen molar-refractivity contribution >= 4 is 5.91 Å². The Hall–Kier alpha value is -1.43. The molecule has 0 aliphatic heterocycles. The van der Waals surface area contributed by atoms with Gasteiger partial charge in [-0.05, 0) is 51.4 Å². The maximum atomic E-state index is 12.4. The molecule has 4 N–H and O–H groups in total. The number of nitrogens with one attached hydrogen (secondary N) is 1. The fourth-order valence-corrected chi connectivity index (χ4v) is 7.39. The van der Waals surface area contributed by atoms with Gasteiger partial charge in [-0.2, -0.15) is 0 Å². The maximum Gasteiger partial charge on any atom is 0.249 e. The molecule has 324 valence electrons. The average Bonchev–Trinajstić information content (AvgIpc) is 3.19. The first kappa shape index (κ1) is 53.6. The first-order valence-electron chi connectivity index (χ1n) is 24.3. The van der Waals surface area contributed by atoms with Crippen LogP contribution in [0.25, 0.3) is 0 Å². The third-order valence-electron chi connectivity index (χ3n) is 11.2. The maximum absolute atomic E-state index is 12.4. The standard InChI is InChI=1S/C50H95NO4/c1-3-5-7-9-11-13-14-15-16-17-18-19-20-21-22-23-24-25-26-27-28-29-30-31-32-33-34-35-37-39-41-43-45-49(54)50(55)51-47(46-52)48(53)44-42-40-38-36-12-10-8-6-4-2/h18-19,21-22,42,44,47-49,52-54H,3-17,20,23-41,43,45-46H2,1-2H3,(H,51,55)/b19-18-,22-21-,44-42+. The average molecular weight is 774 g/mol. The molecule has 5 heteroatoms. The van der Waals surface area contributed by atoms with Crippen LogP contribution in [0.3, 0.4) is 0 Å². The van der Waals surface area contributed by atoms with Crippen molar-refractivity contribution in [2.45, 2.75) is 270 Å². The second-order valence-corrected chi connectivity index (χ2v) is 16.7. The van der Waals surface area contributed by atoms with Crippen LogP contribution in [0.5, 0.6) is 0 Å². The summed E-state index contributed by atoms with van der Waals surface area (Å²) in [7, 11) is 0. The lowest BCUT2D eigenvalue weighted by molar-refractivity contribution is -0.131. The van der Waals surface area contributed by atoms with Crippen molar-refractivity contribution in [2.24, 2.45) is 0 Å². The molecule has 0 aromatic heterocycles. The molecule has 55 heavy (non-hydrogen) atoms. The van der Waals surface area contributed by atoms with Gasteiger partial charge >= 0.3 is 0 Å². The number of hydrogen-bond donors (Lipinski definition) is 4. The van der Waals surface area contributed by atoms with Crippen LogP contribution in [-0.2, 0) is 4.79 Å². The highest BCUT2D eigenvalue weighted by molar-refractivity contribution is 5.80. The van der Waals surface area contributed by atoms with Crippen LogP contribution < -0.4 is 5.32 Å². The molecule has 1 amide bonds. The van der Waals surface area contributed by atoms with Gasteiger partial charge in [0.1, 0.15) is 6.10 Å². The minimum atomic E-state index is -1.10. The Morgan fingerprint density at radius 1 is 0.455 bits per heavy atom. The summed E-state index contributed by atoms with van der Waals surface area (Å²) in [6.45, 7) is 4.15. The van der Waals surface area contributed by atoms with Gasteiger partial charge in [-0.15, -0.1) is 0 Å². The molecule has 5 nitrogen and oxygen atoms in total. The first-order valence-corrected chi connectivity index (χ1v) is 24.3. The molecular formula is C50H95NO4. The quantitative estimate of drug-likeness (QED) is 0.0367. The van der Waals surface area contributed by atoms with Crippen LogP contribution >= 0.6 is 0 Å². The number of allylic oxidation sites excluding steroid dienone is 5. The van der Waals surface area contributed by atoms with E-state index in [-0.39, 0.29) is 6.61 Å². The number of aliphatic hydroxyl groups is 3. The fourth-order valence-electron chi connectivity index (χ4n) is 7.39. The van der Waals surface area contributed by atoms with Crippen LogP contribution in [0.4, 0.5) is 0 Å². The molecule has 3 atom stereocenters. The van der Waals surface area contributed by atoms with Crippen LogP contribution in [0, 0.1) is 0 Å². The molecule has 0 aromatic rings. The zero-order valence-corrected chi connectivity index (χ0v) is 36.8. The van der Waals surface area contributed by atoms with Crippen molar-refractivity contribution in [3.05, 3.63) is 36.5 Å². The zero-order valence-electron chi connectivity index (χ0n) is 36.8. The summed E-state index contributed by atoms with van der Waals surface area (Å²) in [5.41, 5.74) is 0. The van der Waals surface area contributed by atoms with Gasteiger partial charge in [0.25, 0.3) is 0 Å². The van der Waals surface area contributed by atoms with Crippen LogP contribution in [0.15, 0.2) is 36.5 Å². The van der Waals surface area contributed by atoms with Gasteiger partial charge in [-0.25, -0.2) is 0 Å². The number of carbonyl (C=O) groups is 1. The second kappa shape index (κ2) is 45.3. The molecule has 0 saturated heterocycles. The fraction of sp³-hybridized carbons (Fsp3) is 0.860. The highest BCUT2D eigenvalue weighted by Gasteiger charge is 2.22. The van der Waals surface area contributed by atoms with E-state index in [1.165, 1.54) is 193 Å². The van der Waals surface area contributed by atoms with E-state index in [1.807, 2.05) is 6.08 Å². The SMILES string of the molecule is CCCCCCCCC/C=C/C(O)C(CO)NC(=O)C(O)CCCCCCCCCCCCCCCCCC/C=C\C/C=C\CCCCCCCCCCC.